The summed E-state index contributed by atoms with van der Waals surface area (Å²) >= 11 is 0. The Balaban J connectivity index is 1.93. The summed E-state index contributed by atoms with van der Waals surface area (Å²) < 4.78 is 6.93. The highest BCUT2D eigenvalue weighted by atomic mass is 16.5. The van der Waals surface area contributed by atoms with Crippen molar-refractivity contribution in [3.63, 3.8) is 0 Å². The standard InChI is InChI=1S/C22H24N2O4/c1-4-28-16-8-9-17(14(2)12-16)21(26)23-20-7-5-6-19-18(20)10-11-24(22(19)27)13-15(3)25/h5-12,15,25H,4,13H2,1-3H3,(H,23,26). The van der Waals surface area contributed by atoms with E-state index < -0.39 is 6.10 Å². The molecular formula is C22H24N2O4. The molecule has 0 aliphatic rings. The highest BCUT2D eigenvalue weighted by molar-refractivity contribution is 6.09. The number of ether oxygens (including phenoxy) is 1. The van der Waals surface area contributed by atoms with Crippen molar-refractivity contribution in [3.8, 4) is 5.75 Å². The third-order valence-electron chi connectivity index (χ3n) is 4.48. The van der Waals surface area contributed by atoms with E-state index in [0.717, 1.165) is 11.3 Å². The van der Waals surface area contributed by atoms with Crippen LogP contribution >= 0.6 is 0 Å². The summed E-state index contributed by atoms with van der Waals surface area (Å²) in [6, 6.07) is 12.3. The molecule has 0 fully saturated rings. The van der Waals surface area contributed by atoms with Crippen LogP contribution in [0.5, 0.6) is 5.75 Å². The number of aromatic nitrogens is 1. The lowest BCUT2D eigenvalue weighted by Crippen LogP contribution is -2.25. The van der Waals surface area contributed by atoms with Gasteiger partial charge in [0, 0.05) is 28.2 Å². The Bertz CT molecular complexity index is 1070. The average molecular weight is 380 g/mol. The van der Waals surface area contributed by atoms with Crippen molar-refractivity contribution < 1.29 is 14.6 Å². The van der Waals surface area contributed by atoms with Crippen molar-refractivity contribution in [2.24, 2.45) is 0 Å². The maximum Gasteiger partial charge on any atom is 0.258 e. The highest BCUT2D eigenvalue weighted by Gasteiger charge is 2.13. The molecule has 1 heterocycles. The van der Waals surface area contributed by atoms with Crippen LogP contribution in [0.4, 0.5) is 5.69 Å². The first-order valence-electron chi connectivity index (χ1n) is 9.25. The molecule has 0 aliphatic carbocycles. The summed E-state index contributed by atoms with van der Waals surface area (Å²) in [6.45, 7) is 6.18. The molecule has 0 bridgehead atoms. The summed E-state index contributed by atoms with van der Waals surface area (Å²) in [4.78, 5) is 25.4. The van der Waals surface area contributed by atoms with Crippen LogP contribution in [0.25, 0.3) is 10.8 Å². The summed E-state index contributed by atoms with van der Waals surface area (Å²) in [6.07, 6.45) is 1.01. The molecule has 0 saturated carbocycles. The molecule has 0 saturated heterocycles. The fourth-order valence-electron chi connectivity index (χ4n) is 3.19. The molecule has 3 rings (SSSR count). The van der Waals surface area contributed by atoms with E-state index >= 15 is 0 Å². The zero-order chi connectivity index (χ0) is 20.3. The summed E-state index contributed by atoms with van der Waals surface area (Å²) in [5.74, 6) is 0.474. The maximum atomic E-state index is 12.8. The number of nitrogens with one attached hydrogen (secondary N) is 1. The van der Waals surface area contributed by atoms with Gasteiger partial charge in [-0.15, -0.1) is 0 Å². The molecule has 2 aromatic carbocycles. The molecule has 2 N–H and O–H groups in total. The van der Waals surface area contributed by atoms with Crippen LogP contribution in [0.2, 0.25) is 0 Å². The Morgan fingerprint density at radius 3 is 2.68 bits per heavy atom. The van der Waals surface area contributed by atoms with Gasteiger partial charge in [0.05, 0.1) is 19.3 Å². The lowest BCUT2D eigenvalue weighted by molar-refractivity contribution is 0.102. The van der Waals surface area contributed by atoms with Gasteiger partial charge in [-0.05, 0) is 62.7 Å². The zero-order valence-corrected chi connectivity index (χ0v) is 16.2. The van der Waals surface area contributed by atoms with Gasteiger partial charge in [-0.25, -0.2) is 0 Å². The number of hydrogen-bond donors (Lipinski definition) is 2. The number of benzene rings is 2. The molecule has 0 radical (unpaired) electrons. The van der Waals surface area contributed by atoms with E-state index in [-0.39, 0.29) is 18.0 Å². The zero-order valence-electron chi connectivity index (χ0n) is 16.2. The normalized spacial score (nSPS) is 12.0. The monoisotopic (exact) mass is 380 g/mol. The van der Waals surface area contributed by atoms with E-state index in [0.29, 0.717) is 28.6 Å². The van der Waals surface area contributed by atoms with Crippen molar-refractivity contribution in [1.29, 1.82) is 0 Å². The number of aryl methyl sites for hydroxylation is 1. The first-order valence-corrected chi connectivity index (χ1v) is 9.25. The first kappa shape index (κ1) is 19.6. The highest BCUT2D eigenvalue weighted by Crippen LogP contribution is 2.23. The number of fused-ring (bicyclic) bond motifs is 1. The second kappa shape index (κ2) is 8.27. The minimum atomic E-state index is -0.624. The van der Waals surface area contributed by atoms with Crippen molar-refractivity contribution in [2.45, 2.75) is 33.4 Å². The van der Waals surface area contributed by atoms with Crippen molar-refractivity contribution in [2.75, 3.05) is 11.9 Å². The van der Waals surface area contributed by atoms with Gasteiger partial charge < -0.3 is 19.7 Å². The third kappa shape index (κ3) is 4.07. The number of amides is 1. The minimum Gasteiger partial charge on any atom is -0.494 e. The van der Waals surface area contributed by atoms with Crippen LogP contribution in [0.1, 0.15) is 29.8 Å². The van der Waals surface area contributed by atoms with Gasteiger partial charge in [-0.1, -0.05) is 6.07 Å². The molecule has 1 aromatic heterocycles. The number of nitrogens with zero attached hydrogens (tertiary/aromatic N) is 1. The van der Waals surface area contributed by atoms with E-state index in [1.807, 2.05) is 19.9 Å². The quantitative estimate of drug-likeness (QED) is 0.687. The molecule has 146 valence electrons. The summed E-state index contributed by atoms with van der Waals surface area (Å²) in [7, 11) is 0. The van der Waals surface area contributed by atoms with Crippen LogP contribution in [0.3, 0.4) is 0 Å². The molecule has 1 amide bonds. The Kier molecular flexibility index (Phi) is 5.80. The number of carbonyl (C=O) groups is 1. The molecule has 6 nitrogen and oxygen atoms in total. The number of aliphatic hydroxyl groups excluding tert-OH is 1. The van der Waals surface area contributed by atoms with Gasteiger partial charge >= 0.3 is 0 Å². The van der Waals surface area contributed by atoms with Crippen LogP contribution < -0.4 is 15.6 Å². The number of carbonyl (C=O) groups excluding carboxylic acids is 1. The smallest absolute Gasteiger partial charge is 0.258 e. The van der Waals surface area contributed by atoms with E-state index in [2.05, 4.69) is 5.32 Å². The van der Waals surface area contributed by atoms with Gasteiger partial charge in [0.25, 0.3) is 11.5 Å². The fraction of sp³-hybridized carbons (Fsp3) is 0.273. The molecule has 0 spiro atoms. The Morgan fingerprint density at radius 2 is 2.00 bits per heavy atom. The second-order valence-electron chi connectivity index (χ2n) is 6.75. The van der Waals surface area contributed by atoms with Crippen LogP contribution in [0, 0.1) is 6.92 Å². The number of hydrogen-bond acceptors (Lipinski definition) is 4. The number of anilines is 1. The number of aliphatic hydroxyl groups is 1. The molecular weight excluding hydrogens is 356 g/mol. The summed E-state index contributed by atoms with van der Waals surface area (Å²) in [5.41, 5.74) is 1.72. The SMILES string of the molecule is CCOc1ccc(C(=O)Nc2cccc3c(=O)n(CC(C)O)ccc23)c(C)c1. The van der Waals surface area contributed by atoms with Gasteiger partial charge in [-0.3, -0.25) is 9.59 Å². The third-order valence-corrected chi connectivity index (χ3v) is 4.48. The molecule has 6 heteroatoms. The number of rotatable bonds is 6. The van der Waals surface area contributed by atoms with Gasteiger partial charge in [0.1, 0.15) is 5.75 Å². The molecule has 1 atom stereocenters. The molecule has 1 unspecified atom stereocenters. The first-order chi connectivity index (χ1) is 13.4. The van der Waals surface area contributed by atoms with Gasteiger partial charge in [0.15, 0.2) is 0 Å². The van der Waals surface area contributed by atoms with E-state index in [1.165, 1.54) is 4.57 Å². The number of pyridine rings is 1. The maximum absolute atomic E-state index is 12.8. The van der Waals surface area contributed by atoms with Gasteiger partial charge in [-0.2, -0.15) is 0 Å². The molecule has 3 aromatic rings. The summed E-state index contributed by atoms with van der Waals surface area (Å²) in [5, 5.41) is 13.6. The lowest BCUT2D eigenvalue weighted by Gasteiger charge is -2.13. The largest absolute Gasteiger partial charge is 0.494 e. The molecule has 28 heavy (non-hydrogen) atoms. The van der Waals surface area contributed by atoms with E-state index in [9.17, 15) is 14.7 Å². The average Bonchev–Trinajstić information content (AvgIpc) is 2.64. The van der Waals surface area contributed by atoms with Crippen LogP contribution in [-0.4, -0.2) is 28.3 Å². The Hall–Kier alpha value is -3.12. The fourth-order valence-corrected chi connectivity index (χ4v) is 3.19. The topological polar surface area (TPSA) is 80.6 Å². The van der Waals surface area contributed by atoms with Crippen LogP contribution in [0.15, 0.2) is 53.5 Å². The van der Waals surface area contributed by atoms with Gasteiger partial charge in [0.2, 0.25) is 0 Å². The Labute approximate surface area is 163 Å². The predicted octanol–water partition coefficient (Wildman–Crippen LogP) is 3.34. The molecule has 0 aliphatic heterocycles. The van der Waals surface area contributed by atoms with Crippen molar-refractivity contribution in [1.82, 2.24) is 4.57 Å². The van der Waals surface area contributed by atoms with Crippen LogP contribution in [-0.2, 0) is 6.54 Å². The van der Waals surface area contributed by atoms with E-state index in [1.54, 1.807) is 49.5 Å². The van der Waals surface area contributed by atoms with Crippen molar-refractivity contribution in [3.05, 3.63) is 70.1 Å². The predicted molar refractivity (Wildman–Crippen MR) is 110 cm³/mol. The second-order valence-corrected chi connectivity index (χ2v) is 6.75. The van der Waals surface area contributed by atoms with Crippen molar-refractivity contribution >= 4 is 22.4 Å². The van der Waals surface area contributed by atoms with E-state index in [4.69, 9.17) is 4.74 Å². The Morgan fingerprint density at radius 1 is 1.21 bits per heavy atom. The lowest BCUT2D eigenvalue weighted by atomic mass is 10.1. The minimum absolute atomic E-state index is 0.202.